The minimum Gasteiger partial charge on any atom is -0.373 e. The quantitative estimate of drug-likeness (QED) is 0.765. The van der Waals surface area contributed by atoms with E-state index in [4.69, 9.17) is 0 Å². The van der Waals surface area contributed by atoms with Gasteiger partial charge in [0.2, 0.25) is 11.8 Å². The molecule has 1 aliphatic heterocycles. The van der Waals surface area contributed by atoms with Gasteiger partial charge in [-0.3, -0.25) is 9.59 Å². The van der Waals surface area contributed by atoms with Gasteiger partial charge in [0.15, 0.2) is 0 Å². The van der Waals surface area contributed by atoms with Crippen molar-refractivity contribution in [3.8, 4) is 0 Å². The average Bonchev–Trinajstić information content (AvgIpc) is 2.50. The fraction of sp³-hybridized carbons (Fsp3) is 0.500. The Morgan fingerprint density at radius 3 is 2.81 bits per heavy atom. The number of anilines is 1. The molecule has 1 aromatic rings. The van der Waals surface area contributed by atoms with Gasteiger partial charge in [0.1, 0.15) is 6.04 Å². The monoisotopic (exact) mass is 289 g/mol. The third-order valence-electron chi connectivity index (χ3n) is 3.50. The van der Waals surface area contributed by atoms with E-state index >= 15 is 0 Å². The molecule has 1 aromatic carbocycles. The van der Waals surface area contributed by atoms with Crippen LogP contribution >= 0.6 is 0 Å². The summed E-state index contributed by atoms with van der Waals surface area (Å²) in [7, 11) is 0. The van der Waals surface area contributed by atoms with E-state index in [2.05, 4.69) is 22.0 Å². The Morgan fingerprint density at radius 2 is 2.05 bits per heavy atom. The van der Waals surface area contributed by atoms with E-state index in [9.17, 15) is 9.59 Å². The summed E-state index contributed by atoms with van der Waals surface area (Å²) in [4.78, 5) is 23.7. The van der Waals surface area contributed by atoms with Crippen LogP contribution in [0.1, 0.15) is 25.8 Å². The summed E-state index contributed by atoms with van der Waals surface area (Å²) in [6.45, 7) is 4.72. The maximum absolute atomic E-state index is 12.1. The second-order valence-corrected chi connectivity index (χ2v) is 5.81. The second kappa shape index (κ2) is 7.11. The van der Waals surface area contributed by atoms with Gasteiger partial charge >= 0.3 is 0 Å². The molecule has 5 heteroatoms. The standard InChI is InChI=1S/C16H23N3O2/c1-11(2)9-17-15(20)10-18-16(21)14-8-7-12-5-3-4-6-13(12)19-14/h3-6,11,14,19H,7-10H2,1-2H3,(H,17,20)(H,18,21). The van der Waals surface area contributed by atoms with Crippen LogP contribution in [0.15, 0.2) is 24.3 Å². The summed E-state index contributed by atoms with van der Waals surface area (Å²) in [5.74, 6) is 0.138. The molecule has 1 heterocycles. The summed E-state index contributed by atoms with van der Waals surface area (Å²) in [5.41, 5.74) is 2.24. The number of carbonyl (C=O) groups is 2. The Balaban J connectivity index is 1.78. The summed E-state index contributed by atoms with van der Waals surface area (Å²) in [5, 5.41) is 8.70. The molecule has 0 aliphatic carbocycles. The van der Waals surface area contributed by atoms with Gasteiger partial charge in [0.25, 0.3) is 0 Å². The number of fused-ring (bicyclic) bond motifs is 1. The SMILES string of the molecule is CC(C)CNC(=O)CNC(=O)C1CCc2ccccc2N1. The van der Waals surface area contributed by atoms with E-state index in [0.717, 1.165) is 18.5 Å². The highest BCUT2D eigenvalue weighted by atomic mass is 16.2. The Hall–Kier alpha value is -2.04. The molecule has 0 spiro atoms. The normalized spacial score (nSPS) is 16.8. The molecule has 0 saturated heterocycles. The second-order valence-electron chi connectivity index (χ2n) is 5.81. The minimum atomic E-state index is -0.266. The first-order valence-corrected chi connectivity index (χ1v) is 7.45. The first-order valence-electron chi connectivity index (χ1n) is 7.45. The van der Waals surface area contributed by atoms with Crippen LogP contribution in [0.25, 0.3) is 0 Å². The van der Waals surface area contributed by atoms with E-state index in [1.54, 1.807) is 0 Å². The van der Waals surface area contributed by atoms with Crippen molar-refractivity contribution in [1.29, 1.82) is 0 Å². The van der Waals surface area contributed by atoms with Crippen LogP contribution in [0.3, 0.4) is 0 Å². The molecule has 0 radical (unpaired) electrons. The summed E-state index contributed by atoms with van der Waals surface area (Å²) >= 11 is 0. The topological polar surface area (TPSA) is 70.2 Å². The van der Waals surface area contributed by atoms with Crippen molar-refractivity contribution in [2.24, 2.45) is 5.92 Å². The van der Waals surface area contributed by atoms with E-state index in [0.29, 0.717) is 12.5 Å². The zero-order valence-electron chi connectivity index (χ0n) is 12.6. The van der Waals surface area contributed by atoms with Gasteiger partial charge in [-0.1, -0.05) is 32.0 Å². The zero-order valence-corrected chi connectivity index (χ0v) is 12.6. The van der Waals surface area contributed by atoms with Crippen molar-refractivity contribution >= 4 is 17.5 Å². The van der Waals surface area contributed by atoms with Crippen LogP contribution in [0, 0.1) is 5.92 Å². The lowest BCUT2D eigenvalue weighted by Crippen LogP contribution is -2.45. The summed E-state index contributed by atoms with van der Waals surface area (Å²) < 4.78 is 0. The van der Waals surface area contributed by atoms with Gasteiger partial charge in [-0.25, -0.2) is 0 Å². The molecule has 1 aliphatic rings. The van der Waals surface area contributed by atoms with Crippen molar-refractivity contribution in [2.75, 3.05) is 18.4 Å². The smallest absolute Gasteiger partial charge is 0.242 e. The lowest BCUT2D eigenvalue weighted by Gasteiger charge is -2.26. The van der Waals surface area contributed by atoms with Gasteiger partial charge in [0, 0.05) is 12.2 Å². The van der Waals surface area contributed by atoms with Crippen LogP contribution in [0.2, 0.25) is 0 Å². The number of hydrogen-bond acceptors (Lipinski definition) is 3. The highest BCUT2D eigenvalue weighted by Crippen LogP contribution is 2.24. The lowest BCUT2D eigenvalue weighted by molar-refractivity contribution is -0.126. The molecule has 0 bridgehead atoms. The number of para-hydroxylation sites is 1. The first-order chi connectivity index (χ1) is 10.1. The zero-order chi connectivity index (χ0) is 15.2. The Bertz CT molecular complexity index is 514. The highest BCUT2D eigenvalue weighted by molar-refractivity contribution is 5.89. The Kier molecular flexibility index (Phi) is 5.20. The minimum absolute atomic E-state index is 0.0331. The molecule has 1 atom stereocenters. The molecule has 3 N–H and O–H groups in total. The number of carbonyl (C=O) groups excluding carboxylic acids is 2. The van der Waals surface area contributed by atoms with Crippen LogP contribution in [0.5, 0.6) is 0 Å². The predicted octanol–water partition coefficient (Wildman–Crippen LogP) is 1.30. The third-order valence-corrected chi connectivity index (χ3v) is 3.50. The van der Waals surface area contributed by atoms with Crippen molar-refractivity contribution in [3.05, 3.63) is 29.8 Å². The molecule has 0 fully saturated rings. The third kappa shape index (κ3) is 4.48. The maximum atomic E-state index is 12.1. The fourth-order valence-electron chi connectivity index (χ4n) is 2.31. The molecular formula is C16H23N3O2. The summed E-state index contributed by atoms with van der Waals surface area (Å²) in [6, 6.07) is 7.73. The highest BCUT2D eigenvalue weighted by Gasteiger charge is 2.23. The van der Waals surface area contributed by atoms with E-state index in [1.165, 1.54) is 5.56 Å². The molecular weight excluding hydrogens is 266 g/mol. The van der Waals surface area contributed by atoms with Crippen LogP contribution in [-0.2, 0) is 16.0 Å². The number of aryl methyl sites for hydroxylation is 1. The molecule has 1 unspecified atom stereocenters. The Labute approximate surface area is 125 Å². The molecule has 0 aromatic heterocycles. The van der Waals surface area contributed by atoms with Gasteiger partial charge in [0.05, 0.1) is 6.54 Å². The van der Waals surface area contributed by atoms with E-state index < -0.39 is 0 Å². The van der Waals surface area contributed by atoms with Gasteiger partial charge in [-0.2, -0.15) is 0 Å². The molecule has 114 valence electrons. The van der Waals surface area contributed by atoms with Crippen molar-refractivity contribution in [1.82, 2.24) is 10.6 Å². The van der Waals surface area contributed by atoms with Crippen molar-refractivity contribution in [3.63, 3.8) is 0 Å². The lowest BCUT2D eigenvalue weighted by atomic mass is 9.98. The van der Waals surface area contributed by atoms with Gasteiger partial charge in [-0.05, 0) is 30.4 Å². The van der Waals surface area contributed by atoms with Crippen LogP contribution in [0.4, 0.5) is 5.69 Å². The number of benzene rings is 1. The first kappa shape index (κ1) is 15.4. The van der Waals surface area contributed by atoms with Crippen LogP contribution in [-0.4, -0.2) is 30.9 Å². The fourth-order valence-corrected chi connectivity index (χ4v) is 2.31. The molecule has 0 saturated carbocycles. The van der Waals surface area contributed by atoms with Crippen LogP contribution < -0.4 is 16.0 Å². The Morgan fingerprint density at radius 1 is 1.29 bits per heavy atom. The predicted molar refractivity (Wildman–Crippen MR) is 83.0 cm³/mol. The molecule has 2 amide bonds. The van der Waals surface area contributed by atoms with Crippen molar-refractivity contribution in [2.45, 2.75) is 32.7 Å². The van der Waals surface area contributed by atoms with Gasteiger partial charge in [-0.15, -0.1) is 0 Å². The summed E-state index contributed by atoms with van der Waals surface area (Å²) in [6.07, 6.45) is 1.62. The average molecular weight is 289 g/mol. The molecule has 2 rings (SSSR count). The number of amides is 2. The number of nitrogens with one attached hydrogen (secondary N) is 3. The van der Waals surface area contributed by atoms with Crippen molar-refractivity contribution < 1.29 is 9.59 Å². The number of rotatable bonds is 5. The number of hydrogen-bond donors (Lipinski definition) is 3. The van der Waals surface area contributed by atoms with E-state index in [-0.39, 0.29) is 24.4 Å². The maximum Gasteiger partial charge on any atom is 0.242 e. The molecule has 21 heavy (non-hydrogen) atoms. The molecule has 5 nitrogen and oxygen atoms in total. The van der Waals surface area contributed by atoms with Gasteiger partial charge < -0.3 is 16.0 Å². The largest absolute Gasteiger partial charge is 0.373 e. The van der Waals surface area contributed by atoms with E-state index in [1.807, 2.05) is 32.0 Å².